The topological polar surface area (TPSA) is 104 Å². The quantitative estimate of drug-likeness (QED) is 0.522. The fourth-order valence-electron chi connectivity index (χ4n) is 0.763. The first kappa shape index (κ1) is 9.59. The first-order chi connectivity index (χ1) is 6.33. The van der Waals surface area contributed by atoms with Crippen molar-refractivity contribution in [3.05, 3.63) is 5.82 Å². The number of hydrogen-bond donors (Lipinski definition) is 3. The van der Waals surface area contributed by atoms with Crippen LogP contribution in [0.15, 0.2) is 0 Å². The smallest absolute Gasteiger partial charge is 0.220 e. The molecule has 7 nitrogen and oxygen atoms in total. The summed E-state index contributed by atoms with van der Waals surface area (Å²) in [7, 11) is 0. The van der Waals surface area contributed by atoms with E-state index >= 15 is 0 Å². The summed E-state index contributed by atoms with van der Waals surface area (Å²) in [5.41, 5.74) is 0. The highest BCUT2D eigenvalue weighted by Gasteiger charge is 2.02. The lowest BCUT2D eigenvalue weighted by Crippen LogP contribution is -2.23. The zero-order valence-corrected chi connectivity index (χ0v) is 7.03. The molecule has 0 spiro atoms. The molecule has 13 heavy (non-hydrogen) atoms. The van der Waals surface area contributed by atoms with Crippen LogP contribution in [0.3, 0.4) is 0 Å². The van der Waals surface area contributed by atoms with E-state index < -0.39 is 0 Å². The largest absolute Gasteiger partial charge is 0.396 e. The number of nitrogens with zero attached hydrogens (tertiary/aromatic N) is 3. The van der Waals surface area contributed by atoms with Gasteiger partial charge in [-0.15, -0.1) is 10.2 Å². The van der Waals surface area contributed by atoms with Crippen LogP contribution in [0, 0.1) is 0 Å². The number of tetrazole rings is 1. The first-order valence-corrected chi connectivity index (χ1v) is 3.93. The van der Waals surface area contributed by atoms with Crippen LogP contribution in [0.25, 0.3) is 0 Å². The fraction of sp³-hybridized carbons (Fsp3) is 0.667. The molecule has 0 aromatic carbocycles. The van der Waals surface area contributed by atoms with Gasteiger partial charge in [-0.2, -0.15) is 5.21 Å². The van der Waals surface area contributed by atoms with E-state index in [0.717, 1.165) is 0 Å². The van der Waals surface area contributed by atoms with Crippen LogP contribution in [0.1, 0.15) is 18.7 Å². The molecular weight excluding hydrogens is 174 g/mol. The van der Waals surface area contributed by atoms with E-state index in [0.29, 0.717) is 18.7 Å². The fourth-order valence-corrected chi connectivity index (χ4v) is 0.763. The van der Waals surface area contributed by atoms with Gasteiger partial charge in [0.2, 0.25) is 5.91 Å². The van der Waals surface area contributed by atoms with Gasteiger partial charge in [0, 0.05) is 13.0 Å². The summed E-state index contributed by atoms with van der Waals surface area (Å²) in [5, 5.41) is 24.0. The molecule has 1 amide bonds. The van der Waals surface area contributed by atoms with Crippen molar-refractivity contribution in [1.29, 1.82) is 0 Å². The SMILES string of the molecule is O=C(CCCO)NCc1nn[nH]n1. The molecule has 0 unspecified atom stereocenters. The molecule has 0 aliphatic carbocycles. The Bertz CT molecular complexity index is 248. The molecule has 1 aromatic rings. The van der Waals surface area contributed by atoms with E-state index in [2.05, 4.69) is 25.9 Å². The van der Waals surface area contributed by atoms with Gasteiger partial charge in [-0.3, -0.25) is 4.79 Å². The number of nitrogens with one attached hydrogen (secondary N) is 2. The number of hydrogen-bond acceptors (Lipinski definition) is 5. The summed E-state index contributed by atoms with van der Waals surface area (Å²) in [6.45, 7) is 0.288. The van der Waals surface area contributed by atoms with E-state index in [1.165, 1.54) is 0 Å². The summed E-state index contributed by atoms with van der Waals surface area (Å²) >= 11 is 0. The van der Waals surface area contributed by atoms with Crippen LogP contribution in [0.5, 0.6) is 0 Å². The van der Waals surface area contributed by atoms with Crippen molar-refractivity contribution in [2.24, 2.45) is 0 Å². The Hall–Kier alpha value is -1.50. The molecule has 0 fully saturated rings. The number of carbonyl (C=O) groups excluding carboxylic acids is 1. The van der Waals surface area contributed by atoms with Gasteiger partial charge in [0.25, 0.3) is 0 Å². The van der Waals surface area contributed by atoms with Crippen LogP contribution in [-0.2, 0) is 11.3 Å². The van der Waals surface area contributed by atoms with Crippen molar-refractivity contribution >= 4 is 5.91 Å². The third-order valence-electron chi connectivity index (χ3n) is 1.39. The van der Waals surface area contributed by atoms with Crippen molar-refractivity contribution in [2.75, 3.05) is 6.61 Å². The summed E-state index contributed by atoms with van der Waals surface area (Å²) in [5.74, 6) is 0.316. The second kappa shape index (κ2) is 5.20. The predicted molar refractivity (Wildman–Crippen MR) is 42.3 cm³/mol. The minimum absolute atomic E-state index is 0.0234. The monoisotopic (exact) mass is 185 g/mol. The lowest BCUT2D eigenvalue weighted by atomic mass is 10.3. The van der Waals surface area contributed by atoms with Gasteiger partial charge in [0.15, 0.2) is 5.82 Å². The highest BCUT2D eigenvalue weighted by molar-refractivity contribution is 5.75. The molecule has 0 saturated carbocycles. The number of aromatic nitrogens is 4. The van der Waals surface area contributed by atoms with Crippen LogP contribution in [0.2, 0.25) is 0 Å². The molecule has 0 bridgehead atoms. The van der Waals surface area contributed by atoms with E-state index in [1.54, 1.807) is 0 Å². The number of rotatable bonds is 5. The second-order valence-electron chi connectivity index (χ2n) is 2.43. The van der Waals surface area contributed by atoms with Crippen molar-refractivity contribution in [3.8, 4) is 0 Å². The minimum atomic E-state index is -0.126. The molecule has 1 heterocycles. The maximum Gasteiger partial charge on any atom is 0.220 e. The Morgan fingerprint density at radius 1 is 1.62 bits per heavy atom. The number of aromatic amines is 1. The summed E-state index contributed by atoms with van der Waals surface area (Å²) < 4.78 is 0. The van der Waals surface area contributed by atoms with Gasteiger partial charge >= 0.3 is 0 Å². The number of aliphatic hydroxyl groups is 1. The van der Waals surface area contributed by atoms with Gasteiger partial charge in [-0.25, -0.2) is 0 Å². The molecule has 1 aromatic heterocycles. The molecular formula is C6H11N5O2. The minimum Gasteiger partial charge on any atom is -0.396 e. The Balaban J connectivity index is 2.15. The summed E-state index contributed by atoms with van der Waals surface area (Å²) in [4.78, 5) is 11.0. The molecule has 0 saturated heterocycles. The third kappa shape index (κ3) is 3.61. The van der Waals surface area contributed by atoms with Gasteiger partial charge in [0.1, 0.15) is 0 Å². The zero-order chi connectivity index (χ0) is 9.52. The molecule has 3 N–H and O–H groups in total. The highest BCUT2D eigenvalue weighted by Crippen LogP contribution is 1.88. The normalized spacial score (nSPS) is 9.92. The molecule has 0 atom stereocenters. The van der Waals surface area contributed by atoms with Gasteiger partial charge < -0.3 is 10.4 Å². The molecule has 0 aliphatic rings. The van der Waals surface area contributed by atoms with Gasteiger partial charge in [-0.1, -0.05) is 5.21 Å². The number of H-pyrrole nitrogens is 1. The van der Waals surface area contributed by atoms with Crippen LogP contribution < -0.4 is 5.32 Å². The molecule has 1 rings (SSSR count). The van der Waals surface area contributed by atoms with Crippen molar-refractivity contribution < 1.29 is 9.90 Å². The molecule has 0 radical (unpaired) electrons. The van der Waals surface area contributed by atoms with Crippen molar-refractivity contribution in [2.45, 2.75) is 19.4 Å². The predicted octanol–water partition coefficient (Wildman–Crippen LogP) is -1.41. The maximum atomic E-state index is 11.0. The van der Waals surface area contributed by atoms with Gasteiger partial charge in [0.05, 0.1) is 6.54 Å². The van der Waals surface area contributed by atoms with Crippen molar-refractivity contribution in [3.63, 3.8) is 0 Å². The average Bonchev–Trinajstić information content (AvgIpc) is 2.64. The summed E-state index contributed by atoms with van der Waals surface area (Å²) in [6, 6.07) is 0. The average molecular weight is 185 g/mol. The first-order valence-electron chi connectivity index (χ1n) is 3.93. The third-order valence-corrected chi connectivity index (χ3v) is 1.39. The Kier molecular flexibility index (Phi) is 3.83. The van der Waals surface area contributed by atoms with E-state index in [-0.39, 0.29) is 19.1 Å². The van der Waals surface area contributed by atoms with Crippen molar-refractivity contribution in [1.82, 2.24) is 25.9 Å². The van der Waals surface area contributed by atoms with E-state index in [4.69, 9.17) is 5.11 Å². The molecule has 0 aliphatic heterocycles. The van der Waals surface area contributed by atoms with Crippen LogP contribution >= 0.6 is 0 Å². The standard InChI is InChI=1S/C6H11N5O2/c12-3-1-2-6(13)7-4-5-8-10-11-9-5/h12H,1-4H2,(H,7,13)(H,8,9,10,11). The zero-order valence-electron chi connectivity index (χ0n) is 7.03. The summed E-state index contributed by atoms with van der Waals surface area (Å²) in [6.07, 6.45) is 0.784. The lowest BCUT2D eigenvalue weighted by molar-refractivity contribution is -0.121. The molecule has 72 valence electrons. The number of carbonyl (C=O) groups is 1. The van der Waals surface area contributed by atoms with Crippen LogP contribution in [0.4, 0.5) is 0 Å². The van der Waals surface area contributed by atoms with E-state index in [9.17, 15) is 4.79 Å². The second-order valence-corrected chi connectivity index (χ2v) is 2.43. The number of aliphatic hydroxyl groups excluding tert-OH is 1. The van der Waals surface area contributed by atoms with Gasteiger partial charge in [-0.05, 0) is 6.42 Å². The highest BCUT2D eigenvalue weighted by atomic mass is 16.3. The Morgan fingerprint density at radius 3 is 3.08 bits per heavy atom. The maximum absolute atomic E-state index is 11.0. The molecule has 7 heteroatoms. The lowest BCUT2D eigenvalue weighted by Gasteiger charge is -1.99. The number of amides is 1. The van der Waals surface area contributed by atoms with Crippen LogP contribution in [-0.4, -0.2) is 38.2 Å². The Morgan fingerprint density at radius 2 is 2.46 bits per heavy atom. The Labute approximate surface area is 74.5 Å². The van der Waals surface area contributed by atoms with E-state index in [1.807, 2.05) is 0 Å².